The van der Waals surface area contributed by atoms with Crippen LogP contribution >= 0.6 is 0 Å². The fraction of sp³-hybridized carbons (Fsp3) is 0.190. The van der Waals surface area contributed by atoms with Crippen LogP contribution in [0.25, 0.3) is 11.5 Å². The molecule has 0 aliphatic carbocycles. The molecule has 0 atom stereocenters. The van der Waals surface area contributed by atoms with Gasteiger partial charge in [-0.15, -0.1) is 0 Å². The van der Waals surface area contributed by atoms with Crippen molar-refractivity contribution in [2.45, 2.75) is 13.5 Å². The third kappa shape index (κ3) is 4.13. The Bertz CT molecular complexity index is 1020. The van der Waals surface area contributed by atoms with Crippen molar-refractivity contribution in [3.63, 3.8) is 0 Å². The van der Waals surface area contributed by atoms with Crippen LogP contribution in [0.2, 0.25) is 0 Å². The second kappa shape index (κ2) is 8.73. The zero-order valence-electron chi connectivity index (χ0n) is 15.6. The first kappa shape index (κ1) is 19.0. The van der Waals surface area contributed by atoms with Gasteiger partial charge < -0.3 is 19.2 Å². The van der Waals surface area contributed by atoms with Crippen LogP contribution in [0.15, 0.2) is 53.1 Å². The molecule has 1 aromatic heterocycles. The molecule has 0 saturated heterocycles. The molecule has 0 unspecified atom stereocenters. The largest absolute Gasteiger partial charge is 0.495 e. The first-order chi connectivity index (χ1) is 13.7. The van der Waals surface area contributed by atoms with Crippen LogP contribution in [0.3, 0.4) is 0 Å². The number of methoxy groups -OCH3 is 1. The molecule has 7 nitrogen and oxygen atoms in total. The highest BCUT2D eigenvalue weighted by Crippen LogP contribution is 2.26. The number of hydrogen-bond donors (Lipinski definition) is 1. The fourth-order valence-corrected chi connectivity index (χ4v) is 2.65. The van der Waals surface area contributed by atoms with Crippen LogP contribution in [-0.4, -0.2) is 24.6 Å². The first-order valence-corrected chi connectivity index (χ1v) is 8.69. The zero-order valence-corrected chi connectivity index (χ0v) is 15.6. The Labute approximate surface area is 162 Å². The van der Waals surface area contributed by atoms with Crippen LogP contribution in [0, 0.1) is 11.3 Å². The van der Waals surface area contributed by atoms with Gasteiger partial charge in [0, 0.05) is 5.56 Å². The molecule has 1 amide bonds. The summed E-state index contributed by atoms with van der Waals surface area (Å²) in [5.74, 6) is 1.12. The summed E-state index contributed by atoms with van der Waals surface area (Å²) in [5, 5.41) is 12.0. The number of nitrogens with one attached hydrogen (secondary N) is 1. The minimum absolute atomic E-state index is 0.198. The zero-order chi connectivity index (χ0) is 19.9. The van der Waals surface area contributed by atoms with Gasteiger partial charge in [-0.2, -0.15) is 5.26 Å². The van der Waals surface area contributed by atoms with E-state index in [1.807, 2.05) is 13.0 Å². The number of benzene rings is 2. The number of para-hydroxylation sites is 1. The van der Waals surface area contributed by atoms with Crippen molar-refractivity contribution < 1.29 is 18.7 Å². The number of rotatable bonds is 7. The summed E-state index contributed by atoms with van der Waals surface area (Å²) in [7, 11) is 1.51. The molecule has 142 valence electrons. The number of nitriles is 1. The smallest absolute Gasteiger partial charge is 0.255 e. The van der Waals surface area contributed by atoms with Crippen molar-refractivity contribution in [1.82, 2.24) is 10.3 Å². The average molecular weight is 377 g/mol. The van der Waals surface area contributed by atoms with E-state index in [-0.39, 0.29) is 12.5 Å². The van der Waals surface area contributed by atoms with E-state index in [0.29, 0.717) is 46.4 Å². The molecule has 28 heavy (non-hydrogen) atoms. The summed E-state index contributed by atoms with van der Waals surface area (Å²) in [5.41, 5.74) is 2.06. The molecule has 7 heteroatoms. The fourth-order valence-electron chi connectivity index (χ4n) is 2.65. The van der Waals surface area contributed by atoms with Crippen LogP contribution in [0.4, 0.5) is 0 Å². The van der Waals surface area contributed by atoms with Gasteiger partial charge in [0.25, 0.3) is 5.91 Å². The van der Waals surface area contributed by atoms with Gasteiger partial charge in [-0.25, -0.2) is 4.98 Å². The van der Waals surface area contributed by atoms with E-state index in [0.717, 1.165) is 0 Å². The maximum atomic E-state index is 12.4. The molecular formula is C21H19N3O4. The summed E-state index contributed by atoms with van der Waals surface area (Å²) in [6, 6.07) is 14.2. The monoisotopic (exact) mass is 377 g/mol. The van der Waals surface area contributed by atoms with Gasteiger partial charge in [0.05, 0.1) is 37.1 Å². The van der Waals surface area contributed by atoms with Crippen LogP contribution in [-0.2, 0) is 6.54 Å². The van der Waals surface area contributed by atoms with E-state index >= 15 is 0 Å². The lowest BCUT2D eigenvalue weighted by atomic mass is 10.1. The van der Waals surface area contributed by atoms with E-state index < -0.39 is 0 Å². The highest BCUT2D eigenvalue weighted by molar-refractivity contribution is 5.96. The predicted molar refractivity (Wildman–Crippen MR) is 102 cm³/mol. The molecule has 0 saturated carbocycles. The average Bonchev–Trinajstić information content (AvgIpc) is 3.21. The molecule has 0 fully saturated rings. The summed E-state index contributed by atoms with van der Waals surface area (Å²) < 4.78 is 16.1. The lowest BCUT2D eigenvalue weighted by Gasteiger charge is -2.09. The second-order valence-corrected chi connectivity index (χ2v) is 5.78. The number of carbonyl (C=O) groups is 1. The summed E-state index contributed by atoms with van der Waals surface area (Å²) in [4.78, 5) is 16.8. The molecule has 2 aromatic carbocycles. The minimum Gasteiger partial charge on any atom is -0.495 e. The quantitative estimate of drug-likeness (QED) is 0.676. The van der Waals surface area contributed by atoms with Crippen molar-refractivity contribution in [2.24, 2.45) is 0 Å². The molecule has 0 aliphatic heterocycles. The van der Waals surface area contributed by atoms with Crippen molar-refractivity contribution in [3.8, 4) is 29.0 Å². The van der Waals surface area contributed by atoms with Crippen LogP contribution in [0.5, 0.6) is 11.5 Å². The normalized spacial score (nSPS) is 10.2. The van der Waals surface area contributed by atoms with E-state index in [4.69, 9.17) is 13.9 Å². The molecule has 1 heterocycles. The van der Waals surface area contributed by atoms with E-state index in [2.05, 4.69) is 16.4 Å². The Balaban J connectivity index is 1.70. The second-order valence-electron chi connectivity index (χ2n) is 5.78. The first-order valence-electron chi connectivity index (χ1n) is 8.69. The Hall–Kier alpha value is -3.79. The van der Waals surface area contributed by atoms with Gasteiger partial charge in [-0.05, 0) is 37.3 Å². The van der Waals surface area contributed by atoms with Crippen LogP contribution < -0.4 is 14.8 Å². The topological polar surface area (TPSA) is 97.4 Å². The number of aromatic nitrogens is 1. The number of hydrogen-bond acceptors (Lipinski definition) is 6. The number of nitrogens with zero attached hydrogens (tertiary/aromatic N) is 2. The molecule has 1 N–H and O–H groups in total. The van der Waals surface area contributed by atoms with Gasteiger partial charge in [0.2, 0.25) is 5.89 Å². The molecule has 0 aliphatic rings. The summed E-state index contributed by atoms with van der Waals surface area (Å²) in [6.45, 7) is 2.54. The maximum absolute atomic E-state index is 12.4. The number of ether oxygens (including phenoxy) is 2. The minimum atomic E-state index is -0.259. The van der Waals surface area contributed by atoms with E-state index in [9.17, 15) is 10.1 Å². The molecule has 0 spiro atoms. The Morgan fingerprint density at radius 2 is 2.07 bits per heavy atom. The summed E-state index contributed by atoms with van der Waals surface area (Å²) in [6.07, 6.45) is 1.47. The molecule has 0 radical (unpaired) electrons. The number of amides is 1. The predicted octanol–water partition coefficient (Wildman–Crippen LogP) is 3.55. The SMILES string of the molecule is CCOc1ccccc1C(=O)NCc1coc(-c2ccc(OC)c(C#N)c2)n1. The lowest BCUT2D eigenvalue weighted by molar-refractivity contribution is 0.0946. The maximum Gasteiger partial charge on any atom is 0.255 e. The lowest BCUT2D eigenvalue weighted by Crippen LogP contribution is -2.23. The van der Waals surface area contributed by atoms with Gasteiger partial charge in [-0.1, -0.05) is 12.1 Å². The highest BCUT2D eigenvalue weighted by atomic mass is 16.5. The van der Waals surface area contributed by atoms with Crippen molar-refractivity contribution in [1.29, 1.82) is 5.26 Å². The van der Waals surface area contributed by atoms with Crippen molar-refractivity contribution in [2.75, 3.05) is 13.7 Å². The molecule has 3 aromatic rings. The van der Waals surface area contributed by atoms with Crippen molar-refractivity contribution in [3.05, 3.63) is 65.5 Å². The van der Waals surface area contributed by atoms with Gasteiger partial charge in [0.15, 0.2) is 0 Å². The Morgan fingerprint density at radius 1 is 1.25 bits per heavy atom. The number of oxazole rings is 1. The molecular weight excluding hydrogens is 358 g/mol. The summed E-state index contributed by atoms with van der Waals surface area (Å²) >= 11 is 0. The van der Waals surface area contributed by atoms with Crippen molar-refractivity contribution >= 4 is 5.91 Å². The van der Waals surface area contributed by atoms with Gasteiger partial charge in [-0.3, -0.25) is 4.79 Å². The van der Waals surface area contributed by atoms with Gasteiger partial charge >= 0.3 is 0 Å². The standard InChI is InChI=1S/C21H19N3O4/c1-3-27-19-7-5-4-6-17(19)20(25)23-12-16-13-28-21(24-16)14-8-9-18(26-2)15(10-14)11-22/h4-10,13H,3,12H2,1-2H3,(H,23,25). The Morgan fingerprint density at radius 3 is 2.82 bits per heavy atom. The molecule has 0 bridgehead atoms. The van der Waals surface area contributed by atoms with Crippen LogP contribution in [0.1, 0.15) is 28.5 Å². The Kier molecular flexibility index (Phi) is 5.92. The number of carbonyl (C=O) groups excluding carboxylic acids is 1. The van der Waals surface area contributed by atoms with E-state index in [1.54, 1.807) is 36.4 Å². The third-order valence-corrected chi connectivity index (χ3v) is 3.98. The highest BCUT2D eigenvalue weighted by Gasteiger charge is 2.14. The van der Waals surface area contributed by atoms with E-state index in [1.165, 1.54) is 13.4 Å². The third-order valence-electron chi connectivity index (χ3n) is 3.98. The van der Waals surface area contributed by atoms with Gasteiger partial charge in [0.1, 0.15) is 23.8 Å². The molecule has 3 rings (SSSR count).